The Labute approximate surface area is 154 Å². The van der Waals surface area contributed by atoms with Gasteiger partial charge in [0.05, 0.1) is 5.52 Å². The summed E-state index contributed by atoms with van der Waals surface area (Å²) in [7, 11) is 0. The van der Waals surface area contributed by atoms with E-state index in [0.717, 1.165) is 34.2 Å². The van der Waals surface area contributed by atoms with Gasteiger partial charge in [0.1, 0.15) is 11.5 Å². The fourth-order valence-electron chi connectivity index (χ4n) is 3.10. The quantitative estimate of drug-likeness (QED) is 0.732. The van der Waals surface area contributed by atoms with Gasteiger partial charge in [-0.25, -0.2) is 4.98 Å². The molecule has 1 aliphatic heterocycles. The van der Waals surface area contributed by atoms with Gasteiger partial charge >= 0.3 is 0 Å². The second kappa shape index (κ2) is 6.80. The van der Waals surface area contributed by atoms with Gasteiger partial charge in [-0.2, -0.15) is 0 Å². The Bertz CT molecular complexity index is 916. The molecule has 1 fully saturated rings. The van der Waals surface area contributed by atoms with Gasteiger partial charge in [-0.3, -0.25) is 9.78 Å². The van der Waals surface area contributed by atoms with Gasteiger partial charge in [-0.1, -0.05) is 22.0 Å². The number of carbonyl (C=O) groups excluding carboxylic acids is 1. The fraction of sp³-hybridized carbons (Fsp3) is 0.211. The molecule has 0 spiro atoms. The molecule has 0 radical (unpaired) electrons. The number of hydrogen-bond donors (Lipinski definition) is 1. The maximum Gasteiger partial charge on any atom is 0.272 e. The molecule has 2 aromatic heterocycles. The second-order valence-electron chi connectivity index (χ2n) is 6.13. The second-order valence-corrected chi connectivity index (χ2v) is 7.05. The lowest BCUT2D eigenvalue weighted by atomic mass is 10.2. The van der Waals surface area contributed by atoms with Gasteiger partial charge in [0, 0.05) is 35.2 Å². The van der Waals surface area contributed by atoms with Gasteiger partial charge in [0.2, 0.25) is 0 Å². The fourth-order valence-corrected chi connectivity index (χ4v) is 3.48. The standard InChI is InChI=1S/C19H17BrN4O/c20-14-5-6-16-13(11-14)4-7-18(23-16)22-15-8-10-24(12-15)19(25)17-3-1-2-9-21-17/h1-7,9,11,15H,8,10,12H2,(H,22,23). The number of aromatic nitrogens is 2. The number of pyridine rings is 2. The van der Waals surface area contributed by atoms with E-state index in [1.165, 1.54) is 0 Å². The summed E-state index contributed by atoms with van der Waals surface area (Å²) in [6.07, 6.45) is 2.55. The number of fused-ring (bicyclic) bond motifs is 1. The number of anilines is 1. The first-order valence-corrected chi connectivity index (χ1v) is 9.01. The Morgan fingerprint density at radius 3 is 2.96 bits per heavy atom. The molecule has 1 aliphatic rings. The molecule has 25 heavy (non-hydrogen) atoms. The third-order valence-electron chi connectivity index (χ3n) is 4.36. The van der Waals surface area contributed by atoms with E-state index in [-0.39, 0.29) is 11.9 Å². The van der Waals surface area contributed by atoms with E-state index < -0.39 is 0 Å². The zero-order valence-electron chi connectivity index (χ0n) is 13.5. The molecule has 5 nitrogen and oxygen atoms in total. The number of halogens is 1. The summed E-state index contributed by atoms with van der Waals surface area (Å²) in [4.78, 5) is 23.1. The predicted octanol–water partition coefficient (Wildman–Crippen LogP) is 3.72. The van der Waals surface area contributed by atoms with Crippen molar-refractivity contribution in [2.24, 2.45) is 0 Å². The van der Waals surface area contributed by atoms with Gasteiger partial charge in [-0.05, 0) is 48.9 Å². The van der Waals surface area contributed by atoms with Gasteiger partial charge in [0.25, 0.3) is 5.91 Å². The van der Waals surface area contributed by atoms with Crippen molar-refractivity contribution in [1.82, 2.24) is 14.9 Å². The van der Waals surface area contributed by atoms with Crippen LogP contribution in [0.5, 0.6) is 0 Å². The predicted molar refractivity (Wildman–Crippen MR) is 102 cm³/mol. The maximum atomic E-state index is 12.5. The first kappa shape index (κ1) is 16.0. The number of likely N-dealkylation sites (tertiary alicyclic amines) is 1. The number of hydrogen-bond acceptors (Lipinski definition) is 4. The summed E-state index contributed by atoms with van der Waals surface area (Å²) >= 11 is 3.48. The number of carbonyl (C=O) groups is 1. The molecule has 126 valence electrons. The molecule has 1 saturated heterocycles. The van der Waals surface area contributed by atoms with Crippen molar-refractivity contribution in [2.75, 3.05) is 18.4 Å². The summed E-state index contributed by atoms with van der Waals surface area (Å²) in [5, 5.41) is 4.54. The molecule has 1 unspecified atom stereocenters. The van der Waals surface area contributed by atoms with Crippen LogP contribution in [0.3, 0.4) is 0 Å². The number of rotatable bonds is 3. The minimum absolute atomic E-state index is 0.0128. The molecule has 6 heteroatoms. The first-order chi connectivity index (χ1) is 12.2. The molecule has 0 bridgehead atoms. The molecule has 4 rings (SSSR count). The lowest BCUT2D eigenvalue weighted by molar-refractivity contribution is 0.0786. The van der Waals surface area contributed by atoms with Crippen LogP contribution in [0, 0.1) is 0 Å². The van der Waals surface area contributed by atoms with E-state index in [4.69, 9.17) is 0 Å². The van der Waals surface area contributed by atoms with E-state index >= 15 is 0 Å². The smallest absolute Gasteiger partial charge is 0.272 e. The molecule has 1 atom stereocenters. The summed E-state index contributed by atoms with van der Waals surface area (Å²) < 4.78 is 1.04. The van der Waals surface area contributed by atoms with Crippen molar-refractivity contribution >= 4 is 38.6 Å². The van der Waals surface area contributed by atoms with Crippen LogP contribution in [-0.4, -0.2) is 39.9 Å². The van der Waals surface area contributed by atoms with Crippen molar-refractivity contribution < 1.29 is 4.79 Å². The third kappa shape index (κ3) is 3.49. The van der Waals surface area contributed by atoms with Crippen LogP contribution < -0.4 is 5.32 Å². The lowest BCUT2D eigenvalue weighted by Gasteiger charge is -2.17. The first-order valence-electron chi connectivity index (χ1n) is 8.22. The SMILES string of the molecule is O=C(c1ccccn1)N1CCC(Nc2ccc3cc(Br)ccc3n2)C1. The van der Waals surface area contributed by atoms with Crippen LogP contribution in [-0.2, 0) is 0 Å². The highest BCUT2D eigenvalue weighted by Gasteiger charge is 2.27. The highest BCUT2D eigenvalue weighted by atomic mass is 79.9. The van der Waals surface area contributed by atoms with Crippen LogP contribution in [0.1, 0.15) is 16.9 Å². The van der Waals surface area contributed by atoms with Crippen molar-refractivity contribution in [3.05, 3.63) is 64.9 Å². The Morgan fingerprint density at radius 2 is 2.12 bits per heavy atom. The number of nitrogens with one attached hydrogen (secondary N) is 1. The Morgan fingerprint density at radius 1 is 1.20 bits per heavy atom. The highest BCUT2D eigenvalue weighted by molar-refractivity contribution is 9.10. The van der Waals surface area contributed by atoms with Crippen LogP contribution in [0.4, 0.5) is 5.82 Å². The van der Waals surface area contributed by atoms with E-state index in [9.17, 15) is 4.79 Å². The molecule has 1 amide bonds. The molecule has 1 N–H and O–H groups in total. The van der Waals surface area contributed by atoms with Gasteiger partial charge < -0.3 is 10.2 Å². The number of nitrogens with zero attached hydrogens (tertiary/aromatic N) is 3. The highest BCUT2D eigenvalue weighted by Crippen LogP contribution is 2.22. The van der Waals surface area contributed by atoms with Crippen molar-refractivity contribution in [3.63, 3.8) is 0 Å². The third-order valence-corrected chi connectivity index (χ3v) is 4.86. The van der Waals surface area contributed by atoms with Gasteiger partial charge in [-0.15, -0.1) is 0 Å². The van der Waals surface area contributed by atoms with E-state index in [1.54, 1.807) is 12.3 Å². The molecule has 0 aliphatic carbocycles. The summed E-state index contributed by atoms with van der Waals surface area (Å²) in [6.45, 7) is 1.39. The van der Waals surface area contributed by atoms with Crippen LogP contribution in [0.15, 0.2) is 59.2 Å². The molecular formula is C19H17BrN4O. The average molecular weight is 397 g/mol. The van der Waals surface area contributed by atoms with Crippen molar-refractivity contribution in [2.45, 2.75) is 12.5 Å². The molecule has 3 aromatic rings. The van der Waals surface area contributed by atoms with E-state index in [0.29, 0.717) is 12.2 Å². The number of amides is 1. The molecule has 1 aromatic carbocycles. The maximum absolute atomic E-state index is 12.5. The zero-order valence-corrected chi connectivity index (χ0v) is 15.1. The average Bonchev–Trinajstić information content (AvgIpc) is 3.10. The molecule has 0 saturated carbocycles. The minimum Gasteiger partial charge on any atom is -0.365 e. The number of benzene rings is 1. The lowest BCUT2D eigenvalue weighted by Crippen LogP contribution is -2.32. The van der Waals surface area contributed by atoms with E-state index in [1.807, 2.05) is 35.2 Å². The Balaban J connectivity index is 1.44. The Kier molecular flexibility index (Phi) is 4.36. The van der Waals surface area contributed by atoms with E-state index in [2.05, 4.69) is 43.3 Å². The van der Waals surface area contributed by atoms with Crippen LogP contribution >= 0.6 is 15.9 Å². The van der Waals surface area contributed by atoms with Crippen LogP contribution in [0.2, 0.25) is 0 Å². The van der Waals surface area contributed by atoms with Crippen molar-refractivity contribution in [3.8, 4) is 0 Å². The summed E-state index contributed by atoms with van der Waals surface area (Å²) in [6, 6.07) is 15.7. The topological polar surface area (TPSA) is 58.1 Å². The summed E-state index contributed by atoms with van der Waals surface area (Å²) in [5.41, 5.74) is 1.45. The van der Waals surface area contributed by atoms with Gasteiger partial charge in [0.15, 0.2) is 0 Å². The Hall–Kier alpha value is -2.47. The van der Waals surface area contributed by atoms with Crippen LogP contribution in [0.25, 0.3) is 10.9 Å². The largest absolute Gasteiger partial charge is 0.365 e. The van der Waals surface area contributed by atoms with Crippen molar-refractivity contribution in [1.29, 1.82) is 0 Å². The monoisotopic (exact) mass is 396 g/mol. The molecular weight excluding hydrogens is 380 g/mol. The zero-order chi connectivity index (χ0) is 17.2. The summed E-state index contributed by atoms with van der Waals surface area (Å²) in [5.74, 6) is 0.827. The minimum atomic E-state index is -0.0128. The normalized spacial score (nSPS) is 17.0. The molecule has 3 heterocycles.